The maximum absolute atomic E-state index is 6.35. The molecule has 0 amide bonds. The second kappa shape index (κ2) is 7.76. The summed E-state index contributed by atoms with van der Waals surface area (Å²) < 4.78 is 11.2. The van der Waals surface area contributed by atoms with Gasteiger partial charge in [0.1, 0.15) is 5.82 Å². The molecular formula is C18H21N5O2. The monoisotopic (exact) mass is 339 g/mol. The normalized spacial score (nSPS) is 12.0. The van der Waals surface area contributed by atoms with Crippen molar-refractivity contribution in [3.8, 4) is 22.9 Å². The molecule has 1 aromatic carbocycles. The highest BCUT2D eigenvalue weighted by Crippen LogP contribution is 2.31. The first-order valence-corrected chi connectivity index (χ1v) is 8.20. The van der Waals surface area contributed by atoms with Gasteiger partial charge in [0.05, 0.1) is 19.3 Å². The summed E-state index contributed by atoms with van der Waals surface area (Å²) in [5.74, 6) is 2.51. The zero-order chi connectivity index (χ0) is 17.6. The summed E-state index contributed by atoms with van der Waals surface area (Å²) in [7, 11) is 0. The molecule has 7 heteroatoms. The third kappa shape index (κ3) is 3.77. The largest absolute Gasteiger partial charge is 0.490 e. The van der Waals surface area contributed by atoms with Crippen molar-refractivity contribution in [1.29, 1.82) is 0 Å². The lowest BCUT2D eigenvalue weighted by atomic mass is 10.1. The van der Waals surface area contributed by atoms with E-state index in [1.165, 1.54) is 0 Å². The number of pyridine rings is 1. The molecular weight excluding hydrogens is 318 g/mol. The second-order valence-electron chi connectivity index (χ2n) is 5.34. The molecule has 0 bridgehead atoms. The number of nitrogens with zero attached hydrogens (tertiary/aromatic N) is 3. The highest BCUT2D eigenvalue weighted by atomic mass is 16.5. The number of hydrogen-bond acceptors (Lipinski definition) is 6. The van der Waals surface area contributed by atoms with Crippen molar-refractivity contribution in [3.63, 3.8) is 0 Å². The molecule has 0 saturated heterocycles. The summed E-state index contributed by atoms with van der Waals surface area (Å²) in [6, 6.07) is 8.94. The molecule has 0 aliphatic carbocycles. The molecule has 2 aromatic heterocycles. The number of aromatic amines is 1. The van der Waals surface area contributed by atoms with Gasteiger partial charge in [0, 0.05) is 18.0 Å². The average molecular weight is 339 g/mol. The Morgan fingerprint density at radius 1 is 1.12 bits per heavy atom. The minimum atomic E-state index is -0.451. The number of nitrogens with one attached hydrogen (secondary N) is 1. The molecule has 0 fully saturated rings. The fraction of sp³-hybridized carbons (Fsp3) is 0.278. The van der Waals surface area contributed by atoms with Crippen LogP contribution in [0.5, 0.6) is 11.5 Å². The van der Waals surface area contributed by atoms with E-state index in [0.29, 0.717) is 36.4 Å². The van der Waals surface area contributed by atoms with Crippen LogP contribution >= 0.6 is 0 Å². The lowest BCUT2D eigenvalue weighted by Gasteiger charge is -2.14. The van der Waals surface area contributed by atoms with Gasteiger partial charge in [0.15, 0.2) is 17.3 Å². The van der Waals surface area contributed by atoms with E-state index in [-0.39, 0.29) is 0 Å². The number of hydrogen-bond donors (Lipinski definition) is 2. The van der Waals surface area contributed by atoms with Gasteiger partial charge in [-0.1, -0.05) is 6.07 Å². The molecule has 0 aliphatic rings. The Morgan fingerprint density at radius 3 is 2.64 bits per heavy atom. The molecule has 1 unspecified atom stereocenters. The summed E-state index contributed by atoms with van der Waals surface area (Å²) >= 11 is 0. The van der Waals surface area contributed by atoms with Gasteiger partial charge in [-0.2, -0.15) is 5.10 Å². The minimum Gasteiger partial charge on any atom is -0.490 e. The SMILES string of the molecule is CCOc1ccc(C(N)c2nc(-c3cccnc3)n[nH]2)cc1OCC. The van der Waals surface area contributed by atoms with Crippen LogP contribution in [-0.4, -0.2) is 33.4 Å². The number of aromatic nitrogens is 4. The molecule has 0 radical (unpaired) electrons. The molecule has 25 heavy (non-hydrogen) atoms. The molecule has 7 nitrogen and oxygen atoms in total. The number of benzene rings is 1. The van der Waals surface area contributed by atoms with Gasteiger partial charge in [-0.05, 0) is 43.7 Å². The molecule has 3 N–H and O–H groups in total. The van der Waals surface area contributed by atoms with E-state index >= 15 is 0 Å². The van der Waals surface area contributed by atoms with Crippen LogP contribution in [0, 0.1) is 0 Å². The molecule has 1 atom stereocenters. The first-order chi connectivity index (χ1) is 12.2. The highest BCUT2D eigenvalue weighted by Gasteiger charge is 2.17. The van der Waals surface area contributed by atoms with Gasteiger partial charge in [0.25, 0.3) is 0 Å². The Labute approximate surface area is 146 Å². The highest BCUT2D eigenvalue weighted by molar-refractivity contribution is 5.52. The number of nitrogens with two attached hydrogens (primary N) is 1. The van der Waals surface area contributed by atoms with Crippen LogP contribution in [0.3, 0.4) is 0 Å². The van der Waals surface area contributed by atoms with E-state index < -0.39 is 6.04 Å². The smallest absolute Gasteiger partial charge is 0.182 e. The zero-order valence-corrected chi connectivity index (χ0v) is 14.3. The van der Waals surface area contributed by atoms with Crippen LogP contribution in [0.15, 0.2) is 42.7 Å². The molecule has 0 spiro atoms. The van der Waals surface area contributed by atoms with E-state index in [4.69, 9.17) is 15.2 Å². The predicted molar refractivity (Wildman–Crippen MR) is 94.4 cm³/mol. The van der Waals surface area contributed by atoms with Crippen LogP contribution in [0.1, 0.15) is 31.3 Å². The van der Waals surface area contributed by atoms with Crippen LogP contribution in [-0.2, 0) is 0 Å². The Bertz CT molecular complexity index is 819. The number of ether oxygens (including phenoxy) is 2. The van der Waals surface area contributed by atoms with Crippen molar-refractivity contribution in [2.24, 2.45) is 5.73 Å². The number of H-pyrrole nitrogens is 1. The van der Waals surface area contributed by atoms with Crippen molar-refractivity contribution in [2.45, 2.75) is 19.9 Å². The van der Waals surface area contributed by atoms with Crippen molar-refractivity contribution >= 4 is 0 Å². The van der Waals surface area contributed by atoms with Crippen molar-refractivity contribution in [1.82, 2.24) is 20.2 Å². The van der Waals surface area contributed by atoms with Gasteiger partial charge in [0.2, 0.25) is 0 Å². The van der Waals surface area contributed by atoms with Gasteiger partial charge in [-0.25, -0.2) is 4.98 Å². The van der Waals surface area contributed by atoms with Crippen LogP contribution in [0.25, 0.3) is 11.4 Å². The summed E-state index contributed by atoms with van der Waals surface area (Å²) in [6.07, 6.45) is 3.42. The number of rotatable bonds is 7. The van der Waals surface area contributed by atoms with Crippen molar-refractivity contribution in [3.05, 3.63) is 54.1 Å². The van der Waals surface area contributed by atoms with Crippen molar-refractivity contribution < 1.29 is 9.47 Å². The molecule has 3 rings (SSSR count). The van der Waals surface area contributed by atoms with Gasteiger partial charge in [-0.15, -0.1) is 0 Å². The standard InChI is InChI=1S/C18H21N5O2/c1-3-24-14-8-7-12(10-15(14)25-4-2)16(19)18-21-17(22-23-18)13-6-5-9-20-11-13/h5-11,16H,3-4,19H2,1-2H3,(H,21,22,23). The quantitative estimate of drug-likeness (QED) is 0.686. The lowest BCUT2D eigenvalue weighted by Crippen LogP contribution is -2.14. The fourth-order valence-electron chi connectivity index (χ4n) is 2.46. The second-order valence-corrected chi connectivity index (χ2v) is 5.34. The Morgan fingerprint density at radius 2 is 1.92 bits per heavy atom. The Kier molecular flexibility index (Phi) is 5.25. The van der Waals surface area contributed by atoms with Crippen LogP contribution in [0.4, 0.5) is 0 Å². The van der Waals surface area contributed by atoms with Gasteiger partial charge >= 0.3 is 0 Å². The molecule has 130 valence electrons. The first kappa shape index (κ1) is 16.9. The van der Waals surface area contributed by atoms with E-state index in [1.807, 2.05) is 44.2 Å². The first-order valence-electron chi connectivity index (χ1n) is 8.20. The molecule has 3 aromatic rings. The lowest BCUT2D eigenvalue weighted by molar-refractivity contribution is 0.287. The van der Waals surface area contributed by atoms with Crippen LogP contribution in [0.2, 0.25) is 0 Å². The van der Waals surface area contributed by atoms with Gasteiger partial charge < -0.3 is 15.2 Å². The predicted octanol–water partition coefficient (Wildman–Crippen LogP) is 2.71. The van der Waals surface area contributed by atoms with E-state index in [9.17, 15) is 0 Å². The third-order valence-corrected chi connectivity index (χ3v) is 3.64. The molecule has 0 saturated carbocycles. The summed E-state index contributed by atoms with van der Waals surface area (Å²) in [4.78, 5) is 8.56. The van der Waals surface area contributed by atoms with Gasteiger partial charge in [-0.3, -0.25) is 10.1 Å². The van der Waals surface area contributed by atoms with E-state index in [0.717, 1.165) is 11.1 Å². The topological polar surface area (TPSA) is 98.9 Å². The zero-order valence-electron chi connectivity index (χ0n) is 14.3. The van der Waals surface area contributed by atoms with Crippen molar-refractivity contribution in [2.75, 3.05) is 13.2 Å². The Balaban J connectivity index is 1.86. The van der Waals surface area contributed by atoms with E-state index in [2.05, 4.69) is 20.2 Å². The molecule has 2 heterocycles. The fourth-order valence-corrected chi connectivity index (χ4v) is 2.46. The van der Waals surface area contributed by atoms with Crippen LogP contribution < -0.4 is 15.2 Å². The van der Waals surface area contributed by atoms with E-state index in [1.54, 1.807) is 12.4 Å². The third-order valence-electron chi connectivity index (χ3n) is 3.64. The minimum absolute atomic E-state index is 0.451. The Hall–Kier alpha value is -2.93. The average Bonchev–Trinajstić information content (AvgIpc) is 3.14. The summed E-state index contributed by atoms with van der Waals surface area (Å²) in [5.41, 5.74) is 8.05. The summed E-state index contributed by atoms with van der Waals surface area (Å²) in [5, 5.41) is 7.13. The molecule has 0 aliphatic heterocycles. The maximum atomic E-state index is 6.35. The summed E-state index contributed by atoms with van der Waals surface area (Å²) in [6.45, 7) is 4.98. The maximum Gasteiger partial charge on any atom is 0.182 e.